The number of aliphatic hydroxyl groups is 1. The van der Waals surface area contributed by atoms with E-state index in [1.807, 2.05) is 4.90 Å². The molecule has 0 spiro atoms. The normalized spacial score (nSPS) is 18.2. The molecular formula is C13H15F4NO2. The minimum absolute atomic E-state index is 0.235. The Bertz CT molecular complexity index is 456. The lowest BCUT2D eigenvalue weighted by atomic mass is 10.1. The molecule has 3 nitrogen and oxygen atoms in total. The molecule has 1 N–H and O–H groups in total. The number of hydrogen-bond acceptors (Lipinski definition) is 3. The highest BCUT2D eigenvalue weighted by molar-refractivity contribution is 5.34. The standard InChI is InChI=1S/C13H15F4NO2/c14-10-2-1-9(12(7-10)20-13(15,16)17)8-18-5-3-11(19)4-6-18/h1-2,7,11,19H,3-6,8H2. The van der Waals surface area contributed by atoms with Gasteiger partial charge in [0.2, 0.25) is 0 Å². The minimum Gasteiger partial charge on any atom is -0.405 e. The molecule has 0 atom stereocenters. The van der Waals surface area contributed by atoms with Gasteiger partial charge in [0.25, 0.3) is 0 Å². The van der Waals surface area contributed by atoms with Gasteiger partial charge in [0.15, 0.2) is 0 Å². The van der Waals surface area contributed by atoms with Crippen LogP contribution in [0.2, 0.25) is 0 Å². The summed E-state index contributed by atoms with van der Waals surface area (Å²) in [6.45, 7) is 1.41. The van der Waals surface area contributed by atoms with Crippen LogP contribution in [-0.4, -0.2) is 35.6 Å². The number of ether oxygens (including phenoxy) is 1. The highest BCUT2D eigenvalue weighted by Crippen LogP contribution is 2.28. The maximum absolute atomic E-state index is 13.1. The molecular weight excluding hydrogens is 278 g/mol. The maximum atomic E-state index is 13.1. The molecule has 1 heterocycles. The van der Waals surface area contributed by atoms with Gasteiger partial charge in [0, 0.05) is 31.3 Å². The molecule has 0 unspecified atom stereocenters. The monoisotopic (exact) mass is 293 g/mol. The summed E-state index contributed by atoms with van der Waals surface area (Å²) in [6, 6.07) is 3.14. The van der Waals surface area contributed by atoms with Crippen molar-refractivity contribution in [2.45, 2.75) is 31.9 Å². The van der Waals surface area contributed by atoms with Crippen LogP contribution in [0.5, 0.6) is 5.75 Å². The second kappa shape index (κ2) is 5.97. The van der Waals surface area contributed by atoms with E-state index >= 15 is 0 Å². The van der Waals surface area contributed by atoms with Crippen LogP contribution in [0.15, 0.2) is 18.2 Å². The zero-order valence-electron chi connectivity index (χ0n) is 10.7. The third-order valence-electron chi connectivity index (χ3n) is 3.21. The van der Waals surface area contributed by atoms with Crippen molar-refractivity contribution in [2.75, 3.05) is 13.1 Å². The third-order valence-corrected chi connectivity index (χ3v) is 3.21. The van der Waals surface area contributed by atoms with Gasteiger partial charge in [-0.3, -0.25) is 4.90 Å². The highest BCUT2D eigenvalue weighted by Gasteiger charge is 2.32. The molecule has 0 aromatic heterocycles. The number of alkyl halides is 3. The van der Waals surface area contributed by atoms with E-state index in [-0.39, 0.29) is 18.2 Å². The van der Waals surface area contributed by atoms with Crippen LogP contribution in [0.1, 0.15) is 18.4 Å². The lowest BCUT2D eigenvalue weighted by Gasteiger charge is -2.30. The molecule has 1 saturated heterocycles. The fourth-order valence-corrected chi connectivity index (χ4v) is 2.20. The molecule has 0 bridgehead atoms. The first kappa shape index (κ1) is 15.1. The Hall–Kier alpha value is -1.34. The minimum atomic E-state index is -4.85. The summed E-state index contributed by atoms with van der Waals surface area (Å²) in [6.07, 6.45) is -4.04. The number of rotatable bonds is 3. The second-order valence-electron chi connectivity index (χ2n) is 4.81. The number of likely N-dealkylation sites (tertiary alicyclic amines) is 1. The quantitative estimate of drug-likeness (QED) is 0.870. The molecule has 0 saturated carbocycles. The molecule has 1 fully saturated rings. The number of halogens is 4. The topological polar surface area (TPSA) is 32.7 Å². The van der Waals surface area contributed by atoms with Crippen LogP contribution in [0.4, 0.5) is 17.6 Å². The SMILES string of the molecule is OC1CCN(Cc2ccc(F)cc2OC(F)(F)F)CC1. The maximum Gasteiger partial charge on any atom is 0.573 e. The van der Waals surface area contributed by atoms with Gasteiger partial charge in [-0.15, -0.1) is 13.2 Å². The van der Waals surface area contributed by atoms with E-state index < -0.39 is 17.9 Å². The Kier molecular flexibility index (Phi) is 4.49. The summed E-state index contributed by atoms with van der Waals surface area (Å²) >= 11 is 0. The van der Waals surface area contributed by atoms with Crippen molar-refractivity contribution in [3.63, 3.8) is 0 Å². The predicted octanol–water partition coefficient (Wildman–Crippen LogP) is 2.68. The lowest BCUT2D eigenvalue weighted by Crippen LogP contribution is -2.35. The molecule has 0 amide bonds. The first-order valence-corrected chi connectivity index (χ1v) is 6.28. The fraction of sp³-hybridized carbons (Fsp3) is 0.538. The van der Waals surface area contributed by atoms with Crippen molar-refractivity contribution in [3.05, 3.63) is 29.6 Å². The van der Waals surface area contributed by atoms with E-state index in [0.29, 0.717) is 25.9 Å². The van der Waals surface area contributed by atoms with Crippen LogP contribution >= 0.6 is 0 Å². The first-order valence-electron chi connectivity index (χ1n) is 6.28. The van der Waals surface area contributed by atoms with E-state index in [0.717, 1.165) is 12.1 Å². The molecule has 1 aromatic carbocycles. The predicted molar refractivity (Wildman–Crippen MR) is 63.6 cm³/mol. The van der Waals surface area contributed by atoms with Crippen LogP contribution < -0.4 is 4.74 Å². The van der Waals surface area contributed by atoms with Gasteiger partial charge in [-0.05, 0) is 18.9 Å². The van der Waals surface area contributed by atoms with Gasteiger partial charge >= 0.3 is 6.36 Å². The molecule has 0 radical (unpaired) electrons. The Morgan fingerprint density at radius 2 is 1.90 bits per heavy atom. The van der Waals surface area contributed by atoms with Gasteiger partial charge in [-0.2, -0.15) is 0 Å². The van der Waals surface area contributed by atoms with Crippen molar-refractivity contribution in [2.24, 2.45) is 0 Å². The molecule has 1 aliphatic rings. The molecule has 1 aromatic rings. The molecule has 2 rings (SSSR count). The van der Waals surface area contributed by atoms with Gasteiger partial charge in [-0.25, -0.2) is 4.39 Å². The van der Waals surface area contributed by atoms with E-state index in [2.05, 4.69) is 4.74 Å². The van der Waals surface area contributed by atoms with Gasteiger partial charge in [0.1, 0.15) is 11.6 Å². The molecule has 112 valence electrons. The van der Waals surface area contributed by atoms with E-state index in [1.54, 1.807) is 0 Å². The average Bonchev–Trinajstić information content (AvgIpc) is 2.33. The van der Waals surface area contributed by atoms with Crippen LogP contribution in [0, 0.1) is 5.82 Å². The number of piperidine rings is 1. The van der Waals surface area contributed by atoms with Crippen molar-refractivity contribution in [1.82, 2.24) is 4.90 Å². The van der Waals surface area contributed by atoms with Crippen LogP contribution in [-0.2, 0) is 6.54 Å². The lowest BCUT2D eigenvalue weighted by molar-refractivity contribution is -0.275. The van der Waals surface area contributed by atoms with E-state index in [9.17, 15) is 22.7 Å². The fourth-order valence-electron chi connectivity index (χ4n) is 2.20. The Balaban J connectivity index is 2.10. The summed E-state index contributed by atoms with van der Waals surface area (Å²) in [4.78, 5) is 1.91. The molecule has 0 aliphatic carbocycles. The van der Waals surface area contributed by atoms with E-state index in [1.165, 1.54) is 6.07 Å². The molecule has 7 heteroatoms. The van der Waals surface area contributed by atoms with Crippen molar-refractivity contribution < 1.29 is 27.4 Å². The Morgan fingerprint density at radius 1 is 1.25 bits per heavy atom. The number of nitrogens with zero attached hydrogens (tertiary/aromatic N) is 1. The largest absolute Gasteiger partial charge is 0.573 e. The van der Waals surface area contributed by atoms with Gasteiger partial charge in [0.05, 0.1) is 6.10 Å². The second-order valence-corrected chi connectivity index (χ2v) is 4.81. The molecule has 20 heavy (non-hydrogen) atoms. The number of aliphatic hydroxyl groups excluding tert-OH is 1. The number of hydrogen-bond donors (Lipinski definition) is 1. The smallest absolute Gasteiger partial charge is 0.405 e. The first-order chi connectivity index (χ1) is 9.33. The summed E-state index contributed by atoms with van der Waals surface area (Å²) in [5, 5.41) is 9.39. The van der Waals surface area contributed by atoms with E-state index in [4.69, 9.17) is 0 Å². The average molecular weight is 293 g/mol. The van der Waals surface area contributed by atoms with Crippen LogP contribution in [0.3, 0.4) is 0 Å². The summed E-state index contributed by atoms with van der Waals surface area (Å²) < 4.78 is 53.8. The Labute approximate surface area is 113 Å². The molecule has 1 aliphatic heterocycles. The summed E-state index contributed by atoms with van der Waals surface area (Å²) in [7, 11) is 0. The van der Waals surface area contributed by atoms with Gasteiger partial charge in [-0.1, -0.05) is 6.07 Å². The van der Waals surface area contributed by atoms with Crippen molar-refractivity contribution in [3.8, 4) is 5.75 Å². The van der Waals surface area contributed by atoms with Crippen molar-refractivity contribution >= 4 is 0 Å². The van der Waals surface area contributed by atoms with Crippen LogP contribution in [0.25, 0.3) is 0 Å². The third kappa shape index (κ3) is 4.35. The highest BCUT2D eigenvalue weighted by atomic mass is 19.4. The zero-order valence-corrected chi connectivity index (χ0v) is 10.7. The summed E-state index contributed by atoms with van der Waals surface area (Å²) in [5.41, 5.74) is 0.278. The van der Waals surface area contributed by atoms with Crippen molar-refractivity contribution in [1.29, 1.82) is 0 Å². The number of benzene rings is 1. The van der Waals surface area contributed by atoms with Gasteiger partial charge < -0.3 is 9.84 Å². The summed E-state index contributed by atoms with van der Waals surface area (Å²) in [5.74, 6) is -1.29. The zero-order chi connectivity index (χ0) is 14.8. The Morgan fingerprint density at radius 3 is 2.50 bits per heavy atom.